The molecule has 0 radical (unpaired) electrons. The number of aromatic hydroxyl groups is 1. The van der Waals surface area contributed by atoms with Crippen molar-refractivity contribution in [3.63, 3.8) is 0 Å². The molecular weight excluding hydrogens is 851 g/mol. The Labute approximate surface area is 418 Å². The zero-order chi connectivity index (χ0) is 48.7. The number of esters is 1. The number of ether oxygens (including phenoxy) is 1. The van der Waals surface area contributed by atoms with Crippen LogP contribution in [0.15, 0.2) is 84.9 Å². The number of benzene rings is 4. The monoisotopic (exact) mass is 940 g/mol. The molecule has 0 amide bonds. The highest BCUT2D eigenvalue weighted by molar-refractivity contribution is 6.31. The Bertz CT molecular complexity index is 2070. The maximum atomic E-state index is 13.6. The molecule has 0 spiro atoms. The molecule has 2 N–H and O–H groups in total. The summed E-state index contributed by atoms with van der Waals surface area (Å²) in [5.41, 5.74) is 5.09. The summed E-state index contributed by atoms with van der Waals surface area (Å²) in [6.07, 6.45) is 42.1. The Balaban J connectivity index is 1.03. The summed E-state index contributed by atoms with van der Waals surface area (Å²) in [6.45, 7) is 4.85. The quantitative estimate of drug-likeness (QED) is 0.0233. The Morgan fingerprint density at radius 3 is 1.26 bits per heavy atom. The number of hydrogen-bond acceptors (Lipinski definition) is 6. The van der Waals surface area contributed by atoms with Crippen molar-refractivity contribution in [3.05, 3.63) is 113 Å². The van der Waals surface area contributed by atoms with Gasteiger partial charge in [0.25, 0.3) is 0 Å². The van der Waals surface area contributed by atoms with Gasteiger partial charge in [0.1, 0.15) is 12.4 Å². The lowest BCUT2D eigenvalue weighted by Gasteiger charge is -2.21. The molecule has 0 aromatic heterocycles. The maximum absolute atomic E-state index is 13.6. The van der Waals surface area contributed by atoms with Gasteiger partial charge in [-0.15, -0.1) is 0 Å². The van der Waals surface area contributed by atoms with Gasteiger partial charge in [-0.1, -0.05) is 267 Å². The molecule has 4 aromatic rings. The number of unbranched alkanes of at least 4 members (excludes halogenated alkanes) is 28. The molecule has 4 aromatic carbocycles. The minimum Gasteiger partial charge on any atom is -0.507 e. The van der Waals surface area contributed by atoms with Gasteiger partial charge in [0.15, 0.2) is 11.6 Å². The first-order valence-electron chi connectivity index (χ1n) is 28.1. The lowest BCUT2D eigenvalue weighted by molar-refractivity contribution is -0.150. The lowest BCUT2D eigenvalue weighted by atomic mass is 9.82. The summed E-state index contributed by atoms with van der Waals surface area (Å²) < 4.78 is 6.03. The third-order valence-electron chi connectivity index (χ3n) is 14.5. The van der Waals surface area contributed by atoms with Crippen molar-refractivity contribution in [1.82, 2.24) is 0 Å². The van der Waals surface area contributed by atoms with Gasteiger partial charge in [0.2, 0.25) is 0 Å². The van der Waals surface area contributed by atoms with Gasteiger partial charge in [0.05, 0.1) is 22.7 Å². The van der Waals surface area contributed by atoms with E-state index in [9.17, 15) is 19.5 Å². The van der Waals surface area contributed by atoms with Crippen LogP contribution in [0.4, 0.5) is 11.4 Å². The summed E-state index contributed by atoms with van der Waals surface area (Å²) in [4.78, 5) is 40.5. The van der Waals surface area contributed by atoms with Gasteiger partial charge >= 0.3 is 5.97 Å². The zero-order valence-corrected chi connectivity index (χ0v) is 43.1. The first kappa shape index (κ1) is 55.2. The highest BCUT2D eigenvalue weighted by Crippen LogP contribution is 2.38. The van der Waals surface area contributed by atoms with Crippen LogP contribution < -0.4 is 5.32 Å². The van der Waals surface area contributed by atoms with Gasteiger partial charge in [0, 0.05) is 16.8 Å². The third kappa shape index (κ3) is 19.5. The zero-order valence-electron chi connectivity index (χ0n) is 43.1. The predicted octanol–water partition coefficient (Wildman–Crippen LogP) is 18.8. The minimum atomic E-state index is -0.361. The van der Waals surface area contributed by atoms with Crippen molar-refractivity contribution >= 4 is 28.9 Å². The van der Waals surface area contributed by atoms with Crippen LogP contribution in [-0.4, -0.2) is 22.6 Å². The Hall–Kier alpha value is -4.71. The molecule has 0 aliphatic heterocycles. The maximum Gasteiger partial charge on any atom is 0.309 e. The summed E-state index contributed by atoms with van der Waals surface area (Å²) in [6, 6.07) is 25.9. The molecule has 0 saturated heterocycles. The molecule has 0 fully saturated rings. The van der Waals surface area contributed by atoms with Gasteiger partial charge in [-0.05, 0) is 53.8 Å². The molecule has 5 rings (SSSR count). The normalized spacial score (nSPS) is 12.5. The first-order valence-corrected chi connectivity index (χ1v) is 28.1. The van der Waals surface area contributed by atoms with Crippen molar-refractivity contribution in [3.8, 4) is 16.9 Å². The molecule has 0 saturated carbocycles. The number of fused-ring (bicyclic) bond motifs is 2. The van der Waals surface area contributed by atoms with Crippen LogP contribution in [0, 0.1) is 5.92 Å². The highest BCUT2D eigenvalue weighted by Gasteiger charge is 2.34. The molecular formula is C63H89NO5. The van der Waals surface area contributed by atoms with E-state index in [0.29, 0.717) is 16.8 Å². The number of carbonyl (C=O) groups excluding carboxylic acids is 3. The number of rotatable bonds is 38. The van der Waals surface area contributed by atoms with Crippen molar-refractivity contribution in [2.24, 2.45) is 5.92 Å². The van der Waals surface area contributed by atoms with Crippen LogP contribution in [0.1, 0.15) is 257 Å². The minimum absolute atomic E-state index is 0.0261. The fourth-order valence-corrected chi connectivity index (χ4v) is 10.2. The Kier molecular flexibility index (Phi) is 26.4. The molecule has 1 atom stereocenters. The van der Waals surface area contributed by atoms with E-state index in [-0.39, 0.29) is 46.9 Å². The van der Waals surface area contributed by atoms with Gasteiger partial charge in [-0.25, -0.2) is 0 Å². The largest absolute Gasteiger partial charge is 0.507 e. The number of ketones is 2. The third-order valence-corrected chi connectivity index (χ3v) is 14.5. The molecule has 0 bridgehead atoms. The van der Waals surface area contributed by atoms with Crippen LogP contribution >= 0.6 is 0 Å². The van der Waals surface area contributed by atoms with Crippen molar-refractivity contribution in [1.29, 1.82) is 0 Å². The van der Waals surface area contributed by atoms with Crippen molar-refractivity contribution < 1.29 is 24.2 Å². The van der Waals surface area contributed by atoms with E-state index in [1.54, 1.807) is 30.3 Å². The molecule has 0 heterocycles. The average Bonchev–Trinajstić information content (AvgIpc) is 3.37. The molecule has 1 unspecified atom stereocenters. The number of phenolic OH excluding ortho intramolecular Hbond substituents is 1. The van der Waals surface area contributed by atoms with E-state index < -0.39 is 0 Å². The first-order chi connectivity index (χ1) is 33.9. The highest BCUT2D eigenvalue weighted by atomic mass is 16.5. The predicted molar refractivity (Wildman–Crippen MR) is 289 cm³/mol. The van der Waals surface area contributed by atoms with Crippen LogP contribution in [0.25, 0.3) is 11.1 Å². The summed E-state index contributed by atoms with van der Waals surface area (Å²) in [5, 5.41) is 13.9. The van der Waals surface area contributed by atoms with Crippen LogP contribution in [0.3, 0.4) is 0 Å². The molecule has 6 nitrogen and oxygen atoms in total. The topological polar surface area (TPSA) is 92.7 Å². The fraction of sp³-hybridized carbons (Fsp3) is 0.571. The van der Waals surface area contributed by atoms with E-state index >= 15 is 0 Å². The number of hydrogen-bond donors (Lipinski definition) is 2. The molecule has 376 valence electrons. The van der Waals surface area contributed by atoms with E-state index in [2.05, 4.69) is 31.3 Å². The SMILES string of the molecule is CCCCCCCCCCCCCCCCCCC(CCCCCCCCCCCCCCCC)C(=O)OCc1ccc(-c2ccc(Nc3ccc(O)c4c3C(=O)c3ccccc3C4=O)cc2)cc1. The molecule has 6 heteroatoms. The van der Waals surface area contributed by atoms with Crippen LogP contribution in [0.2, 0.25) is 0 Å². The van der Waals surface area contributed by atoms with Gasteiger partial charge in [-0.3, -0.25) is 14.4 Å². The summed E-state index contributed by atoms with van der Waals surface area (Å²) >= 11 is 0. The van der Waals surface area contributed by atoms with Crippen LogP contribution in [0.5, 0.6) is 5.75 Å². The summed E-state index contributed by atoms with van der Waals surface area (Å²) in [5.74, 6) is -0.926. The van der Waals surface area contributed by atoms with E-state index in [4.69, 9.17) is 4.74 Å². The number of phenols is 1. The molecule has 69 heavy (non-hydrogen) atoms. The smallest absolute Gasteiger partial charge is 0.309 e. The van der Waals surface area contributed by atoms with Gasteiger partial charge < -0.3 is 15.2 Å². The number of nitrogens with one attached hydrogen (secondary N) is 1. The van der Waals surface area contributed by atoms with E-state index in [1.807, 2.05) is 36.4 Å². The standard InChI is InChI=1S/C63H89NO5/c1-3-5-7-9-11-13-15-17-19-20-22-24-26-28-30-32-36-53(35-31-29-27-25-23-21-18-16-14-12-10-8-6-4-2)63(68)69-49-50-39-41-51(42-40-50)52-43-45-54(46-44-52)64-57-47-48-58(65)60-59(57)61(66)55-37-33-34-38-56(55)62(60)67/h33-34,37-48,53,64-65H,3-32,35-36,49H2,1-2H3. The Morgan fingerprint density at radius 2 is 0.841 bits per heavy atom. The Morgan fingerprint density at radius 1 is 0.464 bits per heavy atom. The second kappa shape index (κ2) is 33.0. The number of anilines is 2. The van der Waals surface area contributed by atoms with E-state index in [0.717, 1.165) is 48.1 Å². The summed E-state index contributed by atoms with van der Waals surface area (Å²) in [7, 11) is 0. The second-order valence-corrected chi connectivity index (χ2v) is 20.3. The lowest BCUT2D eigenvalue weighted by Crippen LogP contribution is -2.22. The fourth-order valence-electron chi connectivity index (χ4n) is 10.2. The average molecular weight is 940 g/mol. The van der Waals surface area contributed by atoms with Gasteiger partial charge in [-0.2, -0.15) is 0 Å². The van der Waals surface area contributed by atoms with Crippen molar-refractivity contribution in [2.75, 3.05) is 5.32 Å². The van der Waals surface area contributed by atoms with E-state index in [1.165, 1.54) is 186 Å². The molecule has 1 aliphatic rings. The second-order valence-electron chi connectivity index (χ2n) is 20.3. The van der Waals surface area contributed by atoms with Crippen molar-refractivity contribution in [2.45, 2.75) is 226 Å². The van der Waals surface area contributed by atoms with Crippen LogP contribution in [-0.2, 0) is 16.1 Å². The molecule has 1 aliphatic carbocycles. The number of carbonyl (C=O) groups is 3.